The van der Waals surface area contributed by atoms with E-state index in [4.69, 9.17) is 0 Å². The average Bonchev–Trinajstić information content (AvgIpc) is 3.58. The standard InChI is InChI=1S/C24H27F3N6O2S/c1-31-11-9-16(13-31)14-33-21(35)18-20(30-22(33)24(25,26)27)36-23(29-18)32-10-5-8-17(32)19(34)28-12-15-6-3-2-4-7-15/h2-4,6-7,16-17H,5,8-14H2,1H3,(H,28,34)/t16?,17-/m1/s1. The van der Waals surface area contributed by atoms with Gasteiger partial charge >= 0.3 is 6.18 Å². The first-order chi connectivity index (χ1) is 17.2. The van der Waals surface area contributed by atoms with Gasteiger partial charge in [0.15, 0.2) is 15.5 Å². The highest BCUT2D eigenvalue weighted by atomic mass is 32.1. The van der Waals surface area contributed by atoms with Crippen molar-refractivity contribution in [3.63, 3.8) is 0 Å². The number of anilines is 1. The summed E-state index contributed by atoms with van der Waals surface area (Å²) >= 11 is 0.929. The summed E-state index contributed by atoms with van der Waals surface area (Å²) in [5, 5.41) is 3.28. The van der Waals surface area contributed by atoms with Crippen molar-refractivity contribution in [3.05, 3.63) is 52.1 Å². The number of hydrogen-bond donors (Lipinski definition) is 1. The molecule has 0 radical (unpaired) electrons. The van der Waals surface area contributed by atoms with Crippen LogP contribution in [0.5, 0.6) is 0 Å². The van der Waals surface area contributed by atoms with Gasteiger partial charge in [-0.15, -0.1) is 0 Å². The lowest BCUT2D eigenvalue weighted by atomic mass is 10.1. The number of carbonyl (C=O) groups excluding carboxylic acids is 1. The highest BCUT2D eigenvalue weighted by Gasteiger charge is 2.39. The minimum absolute atomic E-state index is 0.0535. The number of aromatic nitrogens is 3. The van der Waals surface area contributed by atoms with Crippen LogP contribution in [0.1, 0.15) is 30.7 Å². The largest absolute Gasteiger partial charge is 0.449 e. The lowest BCUT2D eigenvalue weighted by Crippen LogP contribution is -2.43. The van der Waals surface area contributed by atoms with E-state index in [9.17, 15) is 22.8 Å². The molecular formula is C24H27F3N6O2S. The van der Waals surface area contributed by atoms with Crippen LogP contribution >= 0.6 is 11.3 Å². The van der Waals surface area contributed by atoms with E-state index in [1.165, 1.54) is 0 Å². The third-order valence-corrected chi connectivity index (χ3v) is 7.79. The molecule has 36 heavy (non-hydrogen) atoms. The minimum Gasteiger partial charge on any atom is -0.350 e. The zero-order valence-electron chi connectivity index (χ0n) is 19.8. The number of benzene rings is 1. The number of hydrogen-bond acceptors (Lipinski definition) is 7. The Balaban J connectivity index is 1.43. The summed E-state index contributed by atoms with van der Waals surface area (Å²) in [6, 6.07) is 9.01. The summed E-state index contributed by atoms with van der Waals surface area (Å²) in [5.41, 5.74) is 0.103. The maximum Gasteiger partial charge on any atom is 0.449 e. The Bertz CT molecular complexity index is 1310. The number of amides is 1. The zero-order valence-corrected chi connectivity index (χ0v) is 20.6. The molecule has 3 aromatic rings. The normalized spacial score (nSPS) is 20.9. The van der Waals surface area contributed by atoms with Crippen LogP contribution in [-0.4, -0.2) is 58.1 Å². The number of thiazole rings is 1. The number of alkyl halides is 3. The molecular weight excluding hydrogens is 493 g/mol. The lowest BCUT2D eigenvalue weighted by Gasteiger charge is -2.23. The molecule has 2 aromatic heterocycles. The van der Waals surface area contributed by atoms with Crippen molar-refractivity contribution >= 4 is 32.7 Å². The van der Waals surface area contributed by atoms with Crippen molar-refractivity contribution in [3.8, 4) is 0 Å². The van der Waals surface area contributed by atoms with E-state index in [0.717, 1.165) is 34.4 Å². The summed E-state index contributed by atoms with van der Waals surface area (Å²) in [4.78, 5) is 38.2. The third-order valence-electron chi connectivity index (χ3n) is 6.80. The van der Waals surface area contributed by atoms with Crippen LogP contribution in [-0.2, 0) is 24.1 Å². The second-order valence-electron chi connectivity index (χ2n) is 9.47. The van der Waals surface area contributed by atoms with E-state index >= 15 is 0 Å². The molecule has 0 saturated carbocycles. The summed E-state index contributed by atoms with van der Waals surface area (Å²) < 4.78 is 42.4. The predicted molar refractivity (Wildman–Crippen MR) is 131 cm³/mol. The fraction of sp³-hybridized carbons (Fsp3) is 0.500. The summed E-state index contributed by atoms with van der Waals surface area (Å²) in [6.07, 6.45) is -2.72. The molecule has 8 nitrogen and oxygen atoms in total. The first-order valence-corrected chi connectivity index (χ1v) is 12.8. The second-order valence-corrected chi connectivity index (χ2v) is 10.4. The van der Waals surface area contributed by atoms with Crippen molar-refractivity contribution in [1.29, 1.82) is 0 Å². The van der Waals surface area contributed by atoms with Gasteiger partial charge in [-0.3, -0.25) is 14.2 Å². The first-order valence-electron chi connectivity index (χ1n) is 12.0. The number of halogens is 3. The molecule has 192 valence electrons. The zero-order chi connectivity index (χ0) is 25.4. The lowest BCUT2D eigenvalue weighted by molar-refractivity contribution is -0.148. The molecule has 4 heterocycles. The maximum absolute atomic E-state index is 13.9. The van der Waals surface area contributed by atoms with E-state index in [-0.39, 0.29) is 28.7 Å². The quantitative estimate of drug-likeness (QED) is 0.538. The number of fused-ring (bicyclic) bond motifs is 1. The number of likely N-dealkylation sites (tertiary alicyclic amines) is 1. The predicted octanol–water partition coefficient (Wildman–Crippen LogP) is 3.11. The van der Waals surface area contributed by atoms with Gasteiger partial charge in [0, 0.05) is 26.2 Å². The van der Waals surface area contributed by atoms with Crippen LogP contribution in [0.2, 0.25) is 0 Å². The molecule has 2 saturated heterocycles. The van der Waals surface area contributed by atoms with Crippen LogP contribution in [0.3, 0.4) is 0 Å². The van der Waals surface area contributed by atoms with Crippen LogP contribution in [0.4, 0.5) is 18.3 Å². The van der Waals surface area contributed by atoms with E-state index < -0.39 is 23.6 Å². The fourth-order valence-electron chi connectivity index (χ4n) is 5.01. The summed E-state index contributed by atoms with van der Waals surface area (Å²) in [5.74, 6) is -1.44. The van der Waals surface area contributed by atoms with Crippen molar-refractivity contribution < 1.29 is 18.0 Å². The van der Waals surface area contributed by atoms with Gasteiger partial charge in [0.2, 0.25) is 11.7 Å². The van der Waals surface area contributed by atoms with Crippen LogP contribution < -0.4 is 15.8 Å². The van der Waals surface area contributed by atoms with E-state index in [0.29, 0.717) is 37.6 Å². The van der Waals surface area contributed by atoms with Gasteiger partial charge < -0.3 is 15.1 Å². The van der Waals surface area contributed by atoms with Crippen LogP contribution in [0.15, 0.2) is 35.1 Å². The van der Waals surface area contributed by atoms with Crippen molar-refractivity contribution in [1.82, 2.24) is 24.8 Å². The molecule has 2 fully saturated rings. The second kappa shape index (κ2) is 9.81. The molecule has 0 spiro atoms. The highest BCUT2D eigenvalue weighted by molar-refractivity contribution is 7.21. The van der Waals surface area contributed by atoms with Gasteiger partial charge in [-0.05, 0) is 44.3 Å². The van der Waals surface area contributed by atoms with E-state index in [1.807, 2.05) is 42.3 Å². The molecule has 1 amide bonds. The van der Waals surface area contributed by atoms with Gasteiger partial charge in [-0.1, -0.05) is 41.7 Å². The molecule has 1 unspecified atom stereocenters. The van der Waals surface area contributed by atoms with Gasteiger partial charge in [0.1, 0.15) is 6.04 Å². The summed E-state index contributed by atoms with van der Waals surface area (Å²) in [6.45, 7) is 2.25. The minimum atomic E-state index is -4.77. The summed E-state index contributed by atoms with van der Waals surface area (Å²) in [7, 11) is 1.91. The van der Waals surface area contributed by atoms with Crippen molar-refractivity contribution in [2.45, 2.75) is 44.6 Å². The Kier molecular flexibility index (Phi) is 6.73. The Morgan fingerprint density at radius 2 is 1.94 bits per heavy atom. The molecule has 1 N–H and O–H groups in total. The molecule has 2 aliphatic heterocycles. The molecule has 0 bridgehead atoms. The topological polar surface area (TPSA) is 83.4 Å². The molecule has 12 heteroatoms. The van der Waals surface area contributed by atoms with Gasteiger partial charge in [0.05, 0.1) is 0 Å². The highest BCUT2D eigenvalue weighted by Crippen LogP contribution is 2.34. The molecule has 1 aromatic carbocycles. The Hall–Kier alpha value is -2.99. The number of nitrogens with one attached hydrogen (secondary N) is 1. The Morgan fingerprint density at radius 1 is 1.17 bits per heavy atom. The van der Waals surface area contributed by atoms with E-state index in [1.54, 1.807) is 4.90 Å². The van der Waals surface area contributed by atoms with Crippen LogP contribution in [0, 0.1) is 5.92 Å². The van der Waals surface area contributed by atoms with Gasteiger partial charge in [-0.25, -0.2) is 9.97 Å². The first kappa shape index (κ1) is 24.7. The smallest absolute Gasteiger partial charge is 0.350 e. The monoisotopic (exact) mass is 520 g/mol. The SMILES string of the molecule is CN1CCC(Cn2c(C(F)(F)F)nc3sc(N4CCC[C@@H]4C(=O)NCc4ccccc4)nc3c2=O)C1. The fourth-order valence-corrected chi connectivity index (χ4v) is 6.02. The maximum atomic E-state index is 13.9. The number of carbonyl (C=O) groups is 1. The van der Waals surface area contributed by atoms with E-state index in [2.05, 4.69) is 15.3 Å². The van der Waals surface area contributed by atoms with Crippen LogP contribution in [0.25, 0.3) is 10.3 Å². The number of nitrogens with zero attached hydrogens (tertiary/aromatic N) is 5. The molecule has 2 atom stereocenters. The van der Waals surface area contributed by atoms with Crippen molar-refractivity contribution in [2.75, 3.05) is 31.6 Å². The Labute approximate surface area is 209 Å². The molecule has 5 rings (SSSR count). The number of rotatable bonds is 6. The Morgan fingerprint density at radius 3 is 2.64 bits per heavy atom. The van der Waals surface area contributed by atoms with Gasteiger partial charge in [0.25, 0.3) is 5.56 Å². The van der Waals surface area contributed by atoms with Crippen molar-refractivity contribution in [2.24, 2.45) is 5.92 Å². The molecule has 2 aliphatic rings. The average molecular weight is 521 g/mol. The third kappa shape index (κ3) is 4.96. The molecule has 0 aliphatic carbocycles. The van der Waals surface area contributed by atoms with Gasteiger partial charge in [-0.2, -0.15) is 13.2 Å².